The molecule has 1 saturated carbocycles. The molecular weight excluding hydrogens is 396 g/mol. The average Bonchev–Trinajstić information content (AvgIpc) is 3.04. The van der Waals surface area contributed by atoms with E-state index in [1.54, 1.807) is 6.92 Å². The molecule has 0 bridgehead atoms. The molecule has 7 heteroatoms. The third kappa shape index (κ3) is 4.55. The molecule has 0 saturated heterocycles. The third-order valence-electron chi connectivity index (χ3n) is 6.12. The fourth-order valence-electron chi connectivity index (χ4n) is 4.48. The minimum absolute atomic E-state index is 0.0383. The smallest absolute Gasteiger partial charge is 0.407 e. The Balaban J connectivity index is 1.27. The number of hydrogen-bond donors (Lipinski definition) is 3. The molecule has 2 aromatic carbocycles. The predicted octanol–water partition coefficient (Wildman–Crippen LogP) is 3.28. The molecule has 0 heterocycles. The normalized spacial score (nSPS) is 20.0. The first kappa shape index (κ1) is 20.9. The molecule has 7 nitrogen and oxygen atoms in total. The highest BCUT2D eigenvalue weighted by atomic mass is 16.5. The molecule has 2 aliphatic rings. The van der Waals surface area contributed by atoms with Gasteiger partial charge in [-0.25, -0.2) is 4.79 Å². The number of benzene rings is 2. The van der Waals surface area contributed by atoms with Crippen molar-refractivity contribution in [2.75, 3.05) is 6.61 Å². The van der Waals surface area contributed by atoms with Gasteiger partial charge >= 0.3 is 12.1 Å². The van der Waals surface area contributed by atoms with Crippen LogP contribution in [0, 0.1) is 5.92 Å². The van der Waals surface area contributed by atoms with Crippen LogP contribution in [0.3, 0.4) is 0 Å². The Hall–Kier alpha value is -3.35. The van der Waals surface area contributed by atoms with Crippen molar-refractivity contribution < 1.29 is 24.2 Å². The summed E-state index contributed by atoms with van der Waals surface area (Å²) in [4.78, 5) is 35.3. The van der Waals surface area contributed by atoms with E-state index in [1.807, 2.05) is 36.4 Å². The molecule has 31 heavy (non-hydrogen) atoms. The van der Waals surface area contributed by atoms with Crippen molar-refractivity contribution in [3.63, 3.8) is 0 Å². The van der Waals surface area contributed by atoms with Gasteiger partial charge in [0, 0.05) is 18.4 Å². The SMILES string of the molecule is CC(NC(=O)OCC1c2ccccc2-c2ccccc21)C(=O)NC1CC(CC(=O)O)C1. The first-order valence-electron chi connectivity index (χ1n) is 10.6. The highest BCUT2D eigenvalue weighted by Gasteiger charge is 2.33. The fraction of sp³-hybridized carbons (Fsp3) is 0.375. The number of nitrogens with one attached hydrogen (secondary N) is 2. The summed E-state index contributed by atoms with van der Waals surface area (Å²) in [6.07, 6.45) is 0.785. The van der Waals surface area contributed by atoms with Crippen molar-refractivity contribution in [1.82, 2.24) is 10.6 Å². The molecule has 0 aromatic heterocycles. The number of amides is 2. The van der Waals surface area contributed by atoms with Crippen LogP contribution in [0.15, 0.2) is 48.5 Å². The van der Waals surface area contributed by atoms with Crippen molar-refractivity contribution in [2.45, 2.75) is 44.2 Å². The zero-order chi connectivity index (χ0) is 22.0. The Kier molecular flexibility index (Phi) is 5.93. The highest BCUT2D eigenvalue weighted by molar-refractivity contribution is 5.85. The quantitative estimate of drug-likeness (QED) is 0.635. The maximum Gasteiger partial charge on any atom is 0.407 e. The highest BCUT2D eigenvalue weighted by Crippen LogP contribution is 2.44. The molecule has 0 radical (unpaired) electrons. The first-order chi connectivity index (χ1) is 14.9. The van der Waals surface area contributed by atoms with Gasteiger partial charge in [0.05, 0.1) is 0 Å². The third-order valence-corrected chi connectivity index (χ3v) is 6.12. The van der Waals surface area contributed by atoms with Gasteiger partial charge in [0.1, 0.15) is 12.6 Å². The molecule has 2 amide bonds. The number of rotatable bonds is 7. The van der Waals surface area contributed by atoms with Crippen molar-refractivity contribution in [3.8, 4) is 11.1 Å². The summed E-state index contributed by atoms with van der Waals surface area (Å²) < 4.78 is 5.47. The number of carboxylic acid groups (broad SMARTS) is 1. The molecule has 1 unspecified atom stereocenters. The van der Waals surface area contributed by atoms with Gasteiger partial charge < -0.3 is 20.5 Å². The second kappa shape index (κ2) is 8.79. The Morgan fingerprint density at radius 1 is 1.03 bits per heavy atom. The van der Waals surface area contributed by atoms with Crippen LogP contribution in [0.5, 0.6) is 0 Å². The van der Waals surface area contributed by atoms with Crippen LogP contribution >= 0.6 is 0 Å². The van der Waals surface area contributed by atoms with Crippen LogP contribution in [-0.4, -0.2) is 41.8 Å². The lowest BCUT2D eigenvalue weighted by atomic mass is 9.78. The number of alkyl carbamates (subject to hydrolysis) is 1. The Labute approximate surface area is 180 Å². The van der Waals surface area contributed by atoms with E-state index in [4.69, 9.17) is 9.84 Å². The van der Waals surface area contributed by atoms with Gasteiger partial charge in [-0.15, -0.1) is 0 Å². The fourth-order valence-corrected chi connectivity index (χ4v) is 4.48. The van der Waals surface area contributed by atoms with Gasteiger partial charge in [-0.05, 0) is 47.9 Å². The molecule has 0 spiro atoms. The number of ether oxygens (including phenoxy) is 1. The van der Waals surface area contributed by atoms with Gasteiger partial charge in [0.15, 0.2) is 0 Å². The summed E-state index contributed by atoms with van der Waals surface area (Å²) in [5.41, 5.74) is 4.56. The van der Waals surface area contributed by atoms with E-state index >= 15 is 0 Å². The average molecular weight is 422 g/mol. The number of hydrogen-bond acceptors (Lipinski definition) is 4. The molecule has 1 fully saturated rings. The standard InChI is InChI=1S/C24H26N2O5/c1-14(23(29)26-16-10-15(11-16)12-22(27)28)25-24(30)31-13-21-19-8-4-2-6-17(19)18-7-3-5-9-20(18)21/h2-9,14-16,21H,10-13H2,1H3,(H,25,30)(H,26,29)(H,27,28). The van der Waals surface area contributed by atoms with Crippen molar-refractivity contribution in [3.05, 3.63) is 59.7 Å². The topological polar surface area (TPSA) is 105 Å². The summed E-state index contributed by atoms with van der Waals surface area (Å²) in [5.74, 6) is -1.05. The minimum Gasteiger partial charge on any atom is -0.481 e. The van der Waals surface area contributed by atoms with Crippen molar-refractivity contribution >= 4 is 18.0 Å². The molecular formula is C24H26N2O5. The Morgan fingerprint density at radius 3 is 2.19 bits per heavy atom. The van der Waals surface area contributed by atoms with Crippen LogP contribution in [-0.2, 0) is 14.3 Å². The summed E-state index contributed by atoms with van der Waals surface area (Å²) >= 11 is 0. The molecule has 4 rings (SSSR count). The number of aliphatic carboxylic acids is 1. The molecule has 1 atom stereocenters. The summed E-state index contributed by atoms with van der Waals surface area (Å²) in [6.45, 7) is 1.79. The largest absolute Gasteiger partial charge is 0.481 e. The number of carbonyl (C=O) groups is 3. The second-order valence-corrected chi connectivity index (χ2v) is 8.33. The van der Waals surface area contributed by atoms with Crippen LogP contribution in [0.4, 0.5) is 4.79 Å². The van der Waals surface area contributed by atoms with Gasteiger partial charge in [0.2, 0.25) is 5.91 Å². The minimum atomic E-state index is -0.819. The predicted molar refractivity (Wildman–Crippen MR) is 115 cm³/mol. The molecule has 2 aromatic rings. The summed E-state index contributed by atoms with van der Waals surface area (Å²) in [5, 5.41) is 14.2. The van der Waals surface area contributed by atoms with Crippen molar-refractivity contribution in [1.29, 1.82) is 0 Å². The van der Waals surface area contributed by atoms with Crippen LogP contribution in [0.2, 0.25) is 0 Å². The monoisotopic (exact) mass is 422 g/mol. The summed E-state index contributed by atoms with van der Waals surface area (Å²) in [7, 11) is 0. The molecule has 2 aliphatic carbocycles. The summed E-state index contributed by atoms with van der Waals surface area (Å²) in [6, 6.07) is 15.4. The number of fused-ring (bicyclic) bond motifs is 3. The number of carboxylic acids is 1. The maximum absolute atomic E-state index is 12.3. The van der Waals surface area contributed by atoms with E-state index in [0.717, 1.165) is 22.3 Å². The van der Waals surface area contributed by atoms with E-state index in [0.29, 0.717) is 12.8 Å². The zero-order valence-corrected chi connectivity index (χ0v) is 17.3. The lowest BCUT2D eigenvalue weighted by molar-refractivity contribution is -0.139. The lowest BCUT2D eigenvalue weighted by Gasteiger charge is -2.35. The second-order valence-electron chi connectivity index (χ2n) is 8.33. The van der Waals surface area contributed by atoms with Gasteiger partial charge in [0.25, 0.3) is 0 Å². The Bertz CT molecular complexity index is 953. The van der Waals surface area contributed by atoms with E-state index in [-0.39, 0.29) is 36.8 Å². The maximum atomic E-state index is 12.3. The van der Waals surface area contributed by atoms with E-state index in [9.17, 15) is 14.4 Å². The van der Waals surface area contributed by atoms with Crippen molar-refractivity contribution in [2.24, 2.45) is 5.92 Å². The van der Waals surface area contributed by atoms with E-state index in [1.165, 1.54) is 0 Å². The van der Waals surface area contributed by atoms with Gasteiger partial charge in [-0.1, -0.05) is 48.5 Å². The van der Waals surface area contributed by atoms with Gasteiger partial charge in [-0.2, -0.15) is 0 Å². The molecule has 0 aliphatic heterocycles. The van der Waals surface area contributed by atoms with E-state index < -0.39 is 18.1 Å². The first-order valence-corrected chi connectivity index (χ1v) is 10.6. The van der Waals surface area contributed by atoms with Gasteiger partial charge in [-0.3, -0.25) is 9.59 Å². The Morgan fingerprint density at radius 2 is 1.61 bits per heavy atom. The van der Waals surface area contributed by atoms with Crippen LogP contribution in [0.1, 0.15) is 43.2 Å². The van der Waals surface area contributed by atoms with E-state index in [2.05, 4.69) is 22.8 Å². The van der Waals surface area contributed by atoms with Crippen LogP contribution in [0.25, 0.3) is 11.1 Å². The molecule has 162 valence electrons. The molecule has 3 N–H and O–H groups in total. The number of carbonyl (C=O) groups excluding carboxylic acids is 2. The lowest BCUT2D eigenvalue weighted by Crippen LogP contribution is -2.52. The van der Waals surface area contributed by atoms with Crippen LogP contribution < -0.4 is 10.6 Å². The zero-order valence-electron chi connectivity index (χ0n) is 17.3.